The summed E-state index contributed by atoms with van der Waals surface area (Å²) < 4.78 is 0. The molecular weight excluding hydrogens is 464 g/mol. The Hall–Kier alpha value is -3.59. The molecule has 35 heavy (non-hydrogen) atoms. The monoisotopic (exact) mass is 492 g/mol. The molecule has 0 saturated heterocycles. The molecule has 182 valence electrons. The van der Waals surface area contributed by atoms with Gasteiger partial charge in [0.2, 0.25) is 5.82 Å². The van der Waals surface area contributed by atoms with Crippen LogP contribution in [-0.4, -0.2) is 31.5 Å². The van der Waals surface area contributed by atoms with E-state index in [1.807, 2.05) is 75.4 Å². The van der Waals surface area contributed by atoms with Gasteiger partial charge in [-0.05, 0) is 75.9 Å². The Balaban J connectivity index is 1.61. The second-order valence-corrected chi connectivity index (χ2v) is 10.7. The lowest BCUT2D eigenvalue weighted by atomic mass is 9.69. The van der Waals surface area contributed by atoms with Crippen molar-refractivity contribution in [2.75, 3.05) is 5.32 Å². The van der Waals surface area contributed by atoms with Crippen LogP contribution in [0.3, 0.4) is 0 Å². The van der Waals surface area contributed by atoms with Crippen molar-refractivity contribution in [1.82, 2.24) is 9.88 Å². The summed E-state index contributed by atoms with van der Waals surface area (Å²) in [5, 5.41) is 25.3. The van der Waals surface area contributed by atoms with Gasteiger partial charge in [0.15, 0.2) is 0 Å². The average molecular weight is 493 g/mol. The third-order valence-electron chi connectivity index (χ3n) is 6.17. The summed E-state index contributed by atoms with van der Waals surface area (Å²) in [6.45, 7) is 5.72. The highest BCUT2D eigenvalue weighted by Gasteiger charge is 2.50. The number of amides is 1. The molecule has 0 atom stereocenters. The van der Waals surface area contributed by atoms with Gasteiger partial charge in [0, 0.05) is 22.2 Å². The van der Waals surface area contributed by atoms with E-state index in [0.717, 1.165) is 29.7 Å². The zero-order valence-corrected chi connectivity index (χ0v) is 20.7. The van der Waals surface area contributed by atoms with Crippen molar-refractivity contribution in [3.63, 3.8) is 0 Å². The van der Waals surface area contributed by atoms with Gasteiger partial charge in [-0.3, -0.25) is 15.0 Å². The maximum atomic E-state index is 12.2. The second-order valence-electron chi connectivity index (χ2n) is 9.57. The van der Waals surface area contributed by atoms with E-state index >= 15 is 0 Å². The van der Waals surface area contributed by atoms with Crippen molar-refractivity contribution in [3.8, 4) is 0 Å². The van der Waals surface area contributed by atoms with E-state index in [2.05, 4.69) is 10.3 Å². The number of rotatable bonds is 7. The lowest BCUT2D eigenvalue weighted by Gasteiger charge is -2.54. The molecule has 3 aromatic rings. The number of nitrogens with one attached hydrogen (secondary N) is 1. The molecule has 0 radical (unpaired) electrons. The Labute approximate surface area is 208 Å². The SMILES string of the molecule is CC(C)(C)N(C(=O)O)C1(c2ccc(Nc3nc(Sc4ccccc4)ccc3[N+](=O)[O-])cc2)CCC1. The van der Waals surface area contributed by atoms with E-state index < -0.39 is 22.1 Å². The zero-order valence-electron chi connectivity index (χ0n) is 19.9. The van der Waals surface area contributed by atoms with E-state index in [1.165, 1.54) is 17.8 Å². The van der Waals surface area contributed by atoms with Gasteiger partial charge in [-0.2, -0.15) is 0 Å². The van der Waals surface area contributed by atoms with Crippen LogP contribution in [0.2, 0.25) is 0 Å². The molecule has 0 aliphatic heterocycles. The molecule has 1 amide bonds. The maximum absolute atomic E-state index is 12.2. The van der Waals surface area contributed by atoms with Crippen LogP contribution >= 0.6 is 11.8 Å². The number of nitrogens with zero attached hydrogens (tertiary/aromatic N) is 3. The first kappa shape index (κ1) is 24.5. The minimum absolute atomic E-state index is 0.119. The number of hydrogen-bond acceptors (Lipinski definition) is 6. The molecule has 1 aliphatic rings. The summed E-state index contributed by atoms with van der Waals surface area (Å²) in [5.41, 5.74) is 0.316. The predicted octanol–water partition coefficient (Wildman–Crippen LogP) is 7.04. The smallest absolute Gasteiger partial charge is 0.408 e. The van der Waals surface area contributed by atoms with Gasteiger partial charge in [0.25, 0.3) is 0 Å². The van der Waals surface area contributed by atoms with E-state index in [1.54, 1.807) is 11.0 Å². The number of hydrogen-bond donors (Lipinski definition) is 2. The lowest BCUT2D eigenvalue weighted by Crippen LogP contribution is -2.60. The van der Waals surface area contributed by atoms with Crippen LogP contribution in [-0.2, 0) is 5.54 Å². The molecule has 0 bridgehead atoms. The summed E-state index contributed by atoms with van der Waals surface area (Å²) in [7, 11) is 0. The Bertz CT molecular complexity index is 1220. The molecule has 0 spiro atoms. The van der Waals surface area contributed by atoms with Crippen LogP contribution < -0.4 is 5.32 Å². The van der Waals surface area contributed by atoms with Crippen molar-refractivity contribution in [2.45, 2.75) is 61.0 Å². The normalized spacial score (nSPS) is 14.6. The molecule has 9 heteroatoms. The van der Waals surface area contributed by atoms with Crippen molar-refractivity contribution < 1.29 is 14.8 Å². The van der Waals surface area contributed by atoms with Crippen LogP contribution in [0.5, 0.6) is 0 Å². The topological polar surface area (TPSA) is 109 Å². The highest BCUT2D eigenvalue weighted by atomic mass is 32.2. The Kier molecular flexibility index (Phi) is 6.71. The van der Waals surface area contributed by atoms with E-state index in [4.69, 9.17) is 0 Å². The van der Waals surface area contributed by atoms with Crippen molar-refractivity contribution in [1.29, 1.82) is 0 Å². The number of nitro groups is 1. The predicted molar refractivity (Wildman–Crippen MR) is 136 cm³/mol. The Morgan fingerprint density at radius 1 is 1.09 bits per heavy atom. The molecule has 4 rings (SSSR count). The van der Waals surface area contributed by atoms with E-state index in [9.17, 15) is 20.0 Å². The quantitative estimate of drug-likeness (QED) is 0.269. The zero-order chi connectivity index (χ0) is 25.2. The summed E-state index contributed by atoms with van der Waals surface area (Å²) in [5.74, 6) is 0.156. The number of aromatic nitrogens is 1. The molecule has 8 nitrogen and oxygen atoms in total. The van der Waals surface area contributed by atoms with Gasteiger partial charge in [-0.25, -0.2) is 9.78 Å². The number of pyridine rings is 1. The van der Waals surface area contributed by atoms with Crippen molar-refractivity contribution >= 4 is 35.0 Å². The van der Waals surface area contributed by atoms with E-state index in [0.29, 0.717) is 10.7 Å². The highest BCUT2D eigenvalue weighted by Crippen LogP contribution is 2.49. The van der Waals surface area contributed by atoms with E-state index in [-0.39, 0.29) is 11.5 Å². The molecule has 1 fully saturated rings. The number of anilines is 2. The minimum atomic E-state index is -0.938. The number of benzene rings is 2. The third-order valence-corrected chi connectivity index (χ3v) is 7.11. The van der Waals surface area contributed by atoms with Crippen LogP contribution in [0.4, 0.5) is 22.0 Å². The number of carboxylic acid groups (broad SMARTS) is 1. The largest absolute Gasteiger partial charge is 0.465 e. The molecule has 0 unspecified atom stereocenters. The summed E-state index contributed by atoms with van der Waals surface area (Å²) >= 11 is 1.42. The summed E-state index contributed by atoms with van der Waals surface area (Å²) in [6.07, 6.45) is 1.54. The molecule has 1 heterocycles. The van der Waals surface area contributed by atoms with Crippen LogP contribution in [0.1, 0.15) is 45.6 Å². The highest BCUT2D eigenvalue weighted by molar-refractivity contribution is 7.99. The lowest BCUT2D eigenvalue weighted by molar-refractivity contribution is -0.384. The first-order chi connectivity index (χ1) is 16.6. The first-order valence-electron chi connectivity index (χ1n) is 11.4. The van der Waals surface area contributed by atoms with Gasteiger partial charge >= 0.3 is 11.8 Å². The van der Waals surface area contributed by atoms with Crippen molar-refractivity contribution in [3.05, 3.63) is 82.4 Å². The average Bonchev–Trinajstić information content (AvgIpc) is 2.76. The van der Waals surface area contributed by atoms with Gasteiger partial charge in [0.1, 0.15) is 5.03 Å². The second kappa shape index (κ2) is 9.58. The van der Waals surface area contributed by atoms with Gasteiger partial charge in [-0.15, -0.1) is 0 Å². The maximum Gasteiger partial charge on any atom is 0.408 e. The molecule has 1 aromatic heterocycles. The number of carbonyl (C=O) groups is 1. The molecule has 1 aliphatic carbocycles. The molecule has 1 saturated carbocycles. The van der Waals surface area contributed by atoms with Crippen LogP contribution in [0.15, 0.2) is 76.7 Å². The van der Waals surface area contributed by atoms with Gasteiger partial charge in [-0.1, -0.05) is 42.1 Å². The van der Waals surface area contributed by atoms with Gasteiger partial charge < -0.3 is 10.4 Å². The van der Waals surface area contributed by atoms with Crippen LogP contribution in [0, 0.1) is 10.1 Å². The molecule has 2 N–H and O–H groups in total. The van der Waals surface area contributed by atoms with Crippen molar-refractivity contribution in [2.24, 2.45) is 0 Å². The Morgan fingerprint density at radius 2 is 1.74 bits per heavy atom. The fourth-order valence-corrected chi connectivity index (χ4v) is 5.41. The van der Waals surface area contributed by atoms with Crippen LogP contribution in [0.25, 0.3) is 0 Å². The fourth-order valence-electron chi connectivity index (χ4n) is 4.60. The fraction of sp³-hybridized carbons (Fsp3) is 0.308. The summed E-state index contributed by atoms with van der Waals surface area (Å²) in [6, 6.07) is 20.2. The molecule has 2 aromatic carbocycles. The van der Waals surface area contributed by atoms with Gasteiger partial charge in [0.05, 0.1) is 10.5 Å². The minimum Gasteiger partial charge on any atom is -0.465 e. The summed E-state index contributed by atoms with van der Waals surface area (Å²) in [4.78, 5) is 30.3. The molecular formula is C26H28N4O4S. The standard InChI is InChI=1S/C26H28N4O4S/c1-25(2,3)29(24(31)32)26(16-7-17-26)18-10-12-19(13-11-18)27-23-21(30(33)34)14-15-22(28-23)35-20-8-5-4-6-9-20/h4-6,8-15H,7,16-17H2,1-3H3,(H,27,28)(H,31,32). The first-order valence-corrected chi connectivity index (χ1v) is 12.2. The third kappa shape index (κ3) is 5.09. The Morgan fingerprint density at radius 3 is 2.26 bits per heavy atom.